The fraction of sp³-hybridized carbons (Fsp3) is 0.571. The molecule has 2 aliphatic rings. The first-order valence-corrected chi connectivity index (χ1v) is 9.50. The molecule has 5 heteroatoms. The Kier molecular flexibility index (Phi) is 3.76. The fourth-order valence-electron chi connectivity index (χ4n) is 5.31. The first kappa shape index (κ1) is 17.3. The van der Waals surface area contributed by atoms with Crippen molar-refractivity contribution in [2.45, 2.75) is 59.5 Å². The lowest BCUT2D eigenvalue weighted by atomic mass is 9.69. The van der Waals surface area contributed by atoms with Crippen molar-refractivity contribution < 1.29 is 4.79 Å². The van der Waals surface area contributed by atoms with Crippen molar-refractivity contribution in [3.63, 3.8) is 0 Å². The molecule has 2 aliphatic carbocycles. The largest absolute Gasteiger partial charge is 0.351 e. The van der Waals surface area contributed by atoms with Gasteiger partial charge in [-0.25, -0.2) is 4.68 Å². The maximum atomic E-state index is 12.7. The number of carbonyl (C=O) groups excluding carboxylic acids is 1. The van der Waals surface area contributed by atoms with Gasteiger partial charge in [-0.1, -0.05) is 39.0 Å². The average Bonchev–Trinajstić information content (AvgIpc) is 2.93. The minimum absolute atomic E-state index is 0.0256. The summed E-state index contributed by atoms with van der Waals surface area (Å²) in [6, 6.07) is 7.60. The predicted octanol–water partition coefficient (Wildman–Crippen LogP) is 3.04. The molecule has 2 fully saturated rings. The highest BCUT2D eigenvalue weighted by molar-refractivity contribution is 5.83. The van der Waals surface area contributed by atoms with Gasteiger partial charge in [-0.15, -0.1) is 0 Å². The molecule has 138 valence electrons. The van der Waals surface area contributed by atoms with Gasteiger partial charge in [0.05, 0.1) is 11.1 Å². The Morgan fingerprint density at radius 1 is 1.27 bits per heavy atom. The van der Waals surface area contributed by atoms with E-state index in [-0.39, 0.29) is 34.9 Å². The smallest absolute Gasteiger partial charge is 0.275 e. The van der Waals surface area contributed by atoms with Crippen LogP contribution in [-0.4, -0.2) is 21.7 Å². The number of aromatic nitrogens is 2. The van der Waals surface area contributed by atoms with Crippen molar-refractivity contribution in [2.75, 3.05) is 0 Å². The Labute approximate surface area is 153 Å². The van der Waals surface area contributed by atoms with Gasteiger partial charge in [0.25, 0.3) is 5.56 Å². The molecule has 2 aromatic rings. The van der Waals surface area contributed by atoms with E-state index in [9.17, 15) is 9.59 Å². The number of rotatable bonds is 3. The Hall–Kier alpha value is -2.17. The van der Waals surface area contributed by atoms with E-state index in [1.165, 1.54) is 11.1 Å². The number of benzene rings is 1. The highest BCUT2D eigenvalue weighted by atomic mass is 16.2. The van der Waals surface area contributed by atoms with E-state index in [0.29, 0.717) is 11.3 Å². The van der Waals surface area contributed by atoms with Gasteiger partial charge in [-0.3, -0.25) is 9.59 Å². The van der Waals surface area contributed by atoms with Gasteiger partial charge in [-0.2, -0.15) is 5.10 Å². The first-order chi connectivity index (χ1) is 12.2. The molecule has 0 radical (unpaired) electrons. The molecule has 1 N–H and O–H groups in total. The predicted molar refractivity (Wildman–Crippen MR) is 102 cm³/mol. The molecule has 4 rings (SSSR count). The summed E-state index contributed by atoms with van der Waals surface area (Å²) in [6.45, 7) is 8.80. The van der Waals surface area contributed by atoms with Crippen LogP contribution in [0.25, 0.3) is 10.8 Å². The second kappa shape index (κ2) is 5.66. The zero-order chi connectivity index (χ0) is 18.7. The van der Waals surface area contributed by atoms with Crippen LogP contribution in [0.1, 0.15) is 45.7 Å². The molecule has 5 nitrogen and oxygen atoms in total. The quantitative estimate of drug-likeness (QED) is 0.922. The van der Waals surface area contributed by atoms with E-state index in [2.05, 4.69) is 31.2 Å². The standard InChI is InChI=1S/C21H27N3O2/c1-13-15-7-5-6-8-16(15)19(26)24(23-13)12-18(25)22-17-11-14-9-10-21(17,4)20(14,2)3/h5-8,14,17H,9-12H2,1-4H3,(H,22,25). The van der Waals surface area contributed by atoms with Crippen LogP contribution in [0.5, 0.6) is 0 Å². The average molecular weight is 353 g/mol. The van der Waals surface area contributed by atoms with E-state index >= 15 is 0 Å². The molecule has 1 heterocycles. The van der Waals surface area contributed by atoms with Crippen LogP contribution in [0.15, 0.2) is 29.1 Å². The number of aryl methyl sites for hydroxylation is 1. The van der Waals surface area contributed by atoms with Gasteiger partial charge >= 0.3 is 0 Å². The van der Waals surface area contributed by atoms with E-state index in [0.717, 1.165) is 23.9 Å². The van der Waals surface area contributed by atoms with E-state index in [4.69, 9.17) is 0 Å². The lowest BCUT2D eigenvalue weighted by molar-refractivity contribution is -0.123. The number of hydrogen-bond donors (Lipinski definition) is 1. The molecule has 1 amide bonds. The van der Waals surface area contributed by atoms with Gasteiger partial charge in [0.2, 0.25) is 5.91 Å². The van der Waals surface area contributed by atoms with Crippen LogP contribution in [0.3, 0.4) is 0 Å². The number of fused-ring (bicyclic) bond motifs is 3. The summed E-state index contributed by atoms with van der Waals surface area (Å²) >= 11 is 0. The number of amides is 1. The molecular formula is C21H27N3O2. The summed E-state index contributed by atoms with van der Waals surface area (Å²) in [5, 5.41) is 9.02. The summed E-state index contributed by atoms with van der Waals surface area (Å²) in [7, 11) is 0. The third-order valence-corrected chi connectivity index (χ3v) is 7.48. The number of nitrogens with one attached hydrogen (secondary N) is 1. The molecule has 0 saturated heterocycles. The zero-order valence-electron chi connectivity index (χ0n) is 16.0. The van der Waals surface area contributed by atoms with Crippen molar-refractivity contribution in [3.05, 3.63) is 40.3 Å². The zero-order valence-corrected chi connectivity index (χ0v) is 16.0. The van der Waals surface area contributed by atoms with Gasteiger partial charge in [-0.05, 0) is 49.0 Å². The SMILES string of the molecule is Cc1nn(CC(=O)NC2CC3CCC2(C)C3(C)C)c(=O)c2ccccc12. The first-order valence-electron chi connectivity index (χ1n) is 9.50. The Balaban J connectivity index is 1.56. The van der Waals surface area contributed by atoms with Gasteiger partial charge in [0, 0.05) is 11.4 Å². The highest BCUT2D eigenvalue weighted by Crippen LogP contribution is 2.65. The topological polar surface area (TPSA) is 64.0 Å². The minimum Gasteiger partial charge on any atom is -0.351 e. The number of hydrogen-bond acceptors (Lipinski definition) is 3. The lowest BCUT2D eigenvalue weighted by Crippen LogP contribution is -2.48. The highest BCUT2D eigenvalue weighted by Gasteiger charge is 2.61. The van der Waals surface area contributed by atoms with Crippen molar-refractivity contribution in [2.24, 2.45) is 16.7 Å². The normalized spacial score (nSPS) is 29.2. The minimum atomic E-state index is -0.208. The van der Waals surface area contributed by atoms with Crippen LogP contribution < -0.4 is 10.9 Å². The maximum Gasteiger partial charge on any atom is 0.275 e. The molecule has 1 aromatic heterocycles. The summed E-state index contributed by atoms with van der Waals surface area (Å²) in [6.07, 6.45) is 3.44. The van der Waals surface area contributed by atoms with Crippen molar-refractivity contribution >= 4 is 16.7 Å². The summed E-state index contributed by atoms with van der Waals surface area (Å²) in [5.74, 6) is 0.547. The Morgan fingerprint density at radius 2 is 1.96 bits per heavy atom. The number of carbonyl (C=O) groups is 1. The molecular weight excluding hydrogens is 326 g/mol. The molecule has 2 saturated carbocycles. The summed E-state index contributed by atoms with van der Waals surface area (Å²) < 4.78 is 1.30. The van der Waals surface area contributed by atoms with Crippen LogP contribution in [0.4, 0.5) is 0 Å². The monoisotopic (exact) mass is 353 g/mol. The Morgan fingerprint density at radius 3 is 2.58 bits per heavy atom. The molecule has 3 unspecified atom stereocenters. The summed E-state index contributed by atoms with van der Waals surface area (Å²) in [5.41, 5.74) is 0.937. The molecule has 1 aromatic carbocycles. The number of nitrogens with zero attached hydrogens (tertiary/aromatic N) is 2. The van der Waals surface area contributed by atoms with E-state index in [1.54, 1.807) is 6.07 Å². The molecule has 2 bridgehead atoms. The lowest BCUT2D eigenvalue weighted by Gasteiger charge is -2.39. The second-order valence-electron chi connectivity index (χ2n) is 8.82. The third-order valence-electron chi connectivity index (χ3n) is 7.48. The van der Waals surface area contributed by atoms with Crippen LogP contribution in [-0.2, 0) is 11.3 Å². The Bertz CT molecular complexity index is 946. The van der Waals surface area contributed by atoms with E-state index in [1.807, 2.05) is 25.1 Å². The van der Waals surface area contributed by atoms with Crippen LogP contribution in [0.2, 0.25) is 0 Å². The van der Waals surface area contributed by atoms with Gasteiger partial charge in [0.15, 0.2) is 0 Å². The fourth-order valence-corrected chi connectivity index (χ4v) is 5.31. The van der Waals surface area contributed by atoms with Crippen LogP contribution >= 0.6 is 0 Å². The molecule has 0 aliphatic heterocycles. The summed E-state index contributed by atoms with van der Waals surface area (Å²) in [4.78, 5) is 25.4. The van der Waals surface area contributed by atoms with Crippen molar-refractivity contribution in [1.29, 1.82) is 0 Å². The van der Waals surface area contributed by atoms with Crippen LogP contribution in [0, 0.1) is 23.7 Å². The third kappa shape index (κ3) is 2.32. The van der Waals surface area contributed by atoms with Crippen molar-refractivity contribution in [3.8, 4) is 0 Å². The van der Waals surface area contributed by atoms with E-state index < -0.39 is 0 Å². The second-order valence-corrected chi connectivity index (χ2v) is 8.82. The molecule has 3 atom stereocenters. The maximum absolute atomic E-state index is 12.7. The van der Waals surface area contributed by atoms with Crippen molar-refractivity contribution in [1.82, 2.24) is 15.1 Å². The molecule has 0 spiro atoms. The van der Waals surface area contributed by atoms with Gasteiger partial charge in [0.1, 0.15) is 6.54 Å². The molecule has 26 heavy (non-hydrogen) atoms. The van der Waals surface area contributed by atoms with Gasteiger partial charge < -0.3 is 5.32 Å².